The number of likely N-dealkylation sites (N-methyl/N-ethyl adjacent to an activating group) is 1. The first-order chi connectivity index (χ1) is 9.19. The standard InChI is InChI=1S/C13H14F2N2OS/c1-16-7-6-12-17-11(8-19-12)9-2-4-10(5-3-9)18-13(14)15/h2-5,8,13,16H,6-7H2,1H3. The van der Waals surface area contributed by atoms with Gasteiger partial charge in [0.1, 0.15) is 5.75 Å². The molecule has 0 aliphatic carbocycles. The highest BCUT2D eigenvalue weighted by Crippen LogP contribution is 2.24. The van der Waals surface area contributed by atoms with E-state index in [0.29, 0.717) is 0 Å². The molecule has 0 bridgehead atoms. The van der Waals surface area contributed by atoms with Crippen molar-refractivity contribution in [3.63, 3.8) is 0 Å². The van der Waals surface area contributed by atoms with Crippen LogP contribution >= 0.6 is 11.3 Å². The van der Waals surface area contributed by atoms with E-state index in [1.165, 1.54) is 12.1 Å². The second-order valence-electron chi connectivity index (χ2n) is 3.88. The van der Waals surface area contributed by atoms with Crippen LogP contribution in [-0.2, 0) is 6.42 Å². The number of alkyl halides is 2. The Morgan fingerprint density at radius 2 is 2.05 bits per heavy atom. The Bertz CT molecular complexity index is 514. The van der Waals surface area contributed by atoms with Crippen molar-refractivity contribution in [3.8, 4) is 17.0 Å². The van der Waals surface area contributed by atoms with Crippen molar-refractivity contribution in [2.75, 3.05) is 13.6 Å². The van der Waals surface area contributed by atoms with E-state index in [1.54, 1.807) is 23.5 Å². The number of benzene rings is 1. The first-order valence-corrected chi connectivity index (χ1v) is 6.71. The summed E-state index contributed by atoms with van der Waals surface area (Å²) in [6.45, 7) is -1.91. The molecule has 0 radical (unpaired) electrons. The van der Waals surface area contributed by atoms with Gasteiger partial charge in [-0.2, -0.15) is 8.78 Å². The number of thiazole rings is 1. The zero-order valence-corrected chi connectivity index (χ0v) is 11.2. The Labute approximate surface area is 114 Å². The van der Waals surface area contributed by atoms with E-state index in [-0.39, 0.29) is 5.75 Å². The number of ether oxygens (including phenoxy) is 1. The van der Waals surface area contributed by atoms with Gasteiger partial charge in [-0.1, -0.05) is 0 Å². The van der Waals surface area contributed by atoms with Crippen molar-refractivity contribution in [1.82, 2.24) is 10.3 Å². The predicted octanol–water partition coefficient (Wildman–Crippen LogP) is 3.17. The highest BCUT2D eigenvalue weighted by molar-refractivity contribution is 7.09. The number of hydrogen-bond acceptors (Lipinski definition) is 4. The lowest BCUT2D eigenvalue weighted by Gasteiger charge is -2.04. The number of halogens is 2. The lowest BCUT2D eigenvalue weighted by molar-refractivity contribution is -0.0498. The molecule has 0 unspecified atom stereocenters. The first kappa shape index (κ1) is 13.9. The average molecular weight is 284 g/mol. The highest BCUT2D eigenvalue weighted by Gasteiger charge is 2.07. The number of hydrogen-bond donors (Lipinski definition) is 1. The molecule has 0 amide bonds. The Morgan fingerprint density at radius 3 is 2.68 bits per heavy atom. The summed E-state index contributed by atoms with van der Waals surface area (Å²) in [7, 11) is 1.90. The normalized spacial score (nSPS) is 10.9. The van der Waals surface area contributed by atoms with Crippen molar-refractivity contribution >= 4 is 11.3 Å². The lowest BCUT2D eigenvalue weighted by atomic mass is 10.2. The summed E-state index contributed by atoms with van der Waals surface area (Å²) >= 11 is 1.60. The SMILES string of the molecule is CNCCc1nc(-c2ccc(OC(F)F)cc2)cs1. The minimum Gasteiger partial charge on any atom is -0.435 e. The monoisotopic (exact) mass is 284 g/mol. The van der Waals surface area contributed by atoms with Crippen LogP contribution < -0.4 is 10.1 Å². The molecule has 6 heteroatoms. The smallest absolute Gasteiger partial charge is 0.387 e. The maximum atomic E-state index is 12.0. The fourth-order valence-corrected chi connectivity index (χ4v) is 2.40. The number of nitrogens with one attached hydrogen (secondary N) is 1. The zero-order valence-electron chi connectivity index (χ0n) is 10.4. The largest absolute Gasteiger partial charge is 0.435 e. The second-order valence-corrected chi connectivity index (χ2v) is 4.83. The van der Waals surface area contributed by atoms with E-state index >= 15 is 0 Å². The Morgan fingerprint density at radius 1 is 1.32 bits per heavy atom. The van der Waals surface area contributed by atoms with Crippen molar-refractivity contribution in [2.45, 2.75) is 13.0 Å². The third-order valence-electron chi connectivity index (χ3n) is 2.52. The Balaban J connectivity index is 2.07. The quantitative estimate of drug-likeness (QED) is 0.884. The molecule has 1 heterocycles. The van der Waals surface area contributed by atoms with Crippen molar-refractivity contribution < 1.29 is 13.5 Å². The number of nitrogens with zero attached hydrogens (tertiary/aromatic N) is 1. The summed E-state index contributed by atoms with van der Waals surface area (Å²) in [4.78, 5) is 4.50. The van der Waals surface area contributed by atoms with E-state index in [1.807, 2.05) is 12.4 Å². The molecule has 1 aromatic heterocycles. The third kappa shape index (κ3) is 3.97. The van der Waals surface area contributed by atoms with Gasteiger partial charge in [0, 0.05) is 23.9 Å². The van der Waals surface area contributed by atoms with Gasteiger partial charge in [0.25, 0.3) is 0 Å². The van der Waals surface area contributed by atoms with E-state index in [9.17, 15) is 8.78 Å². The fraction of sp³-hybridized carbons (Fsp3) is 0.308. The van der Waals surface area contributed by atoms with Crippen LogP contribution in [-0.4, -0.2) is 25.2 Å². The molecule has 19 heavy (non-hydrogen) atoms. The van der Waals surface area contributed by atoms with Crippen LogP contribution in [0.5, 0.6) is 5.75 Å². The van der Waals surface area contributed by atoms with Crippen molar-refractivity contribution in [2.24, 2.45) is 0 Å². The van der Waals surface area contributed by atoms with Crippen LogP contribution in [0.2, 0.25) is 0 Å². The molecule has 0 saturated heterocycles. The highest BCUT2D eigenvalue weighted by atomic mass is 32.1. The van der Waals surface area contributed by atoms with Gasteiger partial charge in [-0.15, -0.1) is 11.3 Å². The molecule has 0 saturated carbocycles. The summed E-state index contributed by atoms with van der Waals surface area (Å²) in [5.41, 5.74) is 1.76. The van der Waals surface area contributed by atoms with Gasteiger partial charge < -0.3 is 10.1 Å². The van der Waals surface area contributed by atoms with Gasteiger partial charge in [-0.25, -0.2) is 4.98 Å². The summed E-state index contributed by atoms with van der Waals surface area (Å²) < 4.78 is 28.4. The van der Waals surface area contributed by atoms with Crippen molar-refractivity contribution in [1.29, 1.82) is 0 Å². The molecule has 0 atom stereocenters. The molecule has 2 aromatic rings. The molecule has 2 rings (SSSR count). The maximum absolute atomic E-state index is 12.0. The summed E-state index contributed by atoms with van der Waals surface area (Å²) in [6, 6.07) is 6.51. The molecule has 3 nitrogen and oxygen atoms in total. The van der Waals surface area contributed by atoms with E-state index in [4.69, 9.17) is 0 Å². The van der Waals surface area contributed by atoms with Crippen LogP contribution in [0.4, 0.5) is 8.78 Å². The van der Waals surface area contributed by atoms with Crippen LogP contribution in [0.3, 0.4) is 0 Å². The molecule has 0 spiro atoms. The van der Waals surface area contributed by atoms with Gasteiger partial charge in [0.15, 0.2) is 0 Å². The van der Waals surface area contributed by atoms with Gasteiger partial charge in [0.05, 0.1) is 10.7 Å². The van der Waals surface area contributed by atoms with Crippen LogP contribution in [0.15, 0.2) is 29.6 Å². The molecule has 0 fully saturated rings. The van der Waals surface area contributed by atoms with Crippen LogP contribution in [0.25, 0.3) is 11.3 Å². The van der Waals surface area contributed by atoms with Gasteiger partial charge in [0.2, 0.25) is 0 Å². The molecule has 102 valence electrons. The topological polar surface area (TPSA) is 34.2 Å². The number of rotatable bonds is 6. The predicted molar refractivity (Wildman–Crippen MR) is 71.8 cm³/mol. The maximum Gasteiger partial charge on any atom is 0.387 e. The van der Waals surface area contributed by atoms with Crippen molar-refractivity contribution in [3.05, 3.63) is 34.7 Å². The van der Waals surface area contributed by atoms with Crippen LogP contribution in [0.1, 0.15) is 5.01 Å². The molecule has 1 N–H and O–H groups in total. The minimum absolute atomic E-state index is 0.157. The van der Waals surface area contributed by atoms with E-state index in [0.717, 1.165) is 29.2 Å². The van der Waals surface area contributed by atoms with Crippen LogP contribution in [0, 0.1) is 0 Å². The second kappa shape index (κ2) is 6.58. The summed E-state index contributed by atoms with van der Waals surface area (Å²) in [5.74, 6) is 0.157. The van der Waals surface area contributed by atoms with Gasteiger partial charge in [-0.05, 0) is 31.3 Å². The van der Waals surface area contributed by atoms with E-state index in [2.05, 4.69) is 15.0 Å². The first-order valence-electron chi connectivity index (χ1n) is 5.83. The summed E-state index contributed by atoms with van der Waals surface area (Å²) in [6.07, 6.45) is 0.883. The lowest BCUT2D eigenvalue weighted by Crippen LogP contribution is -2.09. The zero-order chi connectivity index (χ0) is 13.7. The molecular weight excluding hydrogens is 270 g/mol. The third-order valence-corrected chi connectivity index (χ3v) is 3.42. The van der Waals surface area contributed by atoms with E-state index < -0.39 is 6.61 Å². The molecule has 1 aromatic carbocycles. The van der Waals surface area contributed by atoms with Gasteiger partial charge in [-0.3, -0.25) is 0 Å². The average Bonchev–Trinajstić information content (AvgIpc) is 2.85. The number of aromatic nitrogens is 1. The molecular formula is C13H14F2N2OS. The summed E-state index contributed by atoms with van der Waals surface area (Å²) in [5, 5.41) is 6.09. The molecule has 0 aliphatic rings. The fourth-order valence-electron chi connectivity index (χ4n) is 1.60. The van der Waals surface area contributed by atoms with Gasteiger partial charge >= 0.3 is 6.61 Å². The Kier molecular flexibility index (Phi) is 4.81. The minimum atomic E-state index is -2.79. The molecule has 0 aliphatic heterocycles. The Hall–Kier alpha value is -1.53.